The summed E-state index contributed by atoms with van der Waals surface area (Å²) in [4.78, 5) is 11.2. The van der Waals surface area contributed by atoms with Crippen LogP contribution in [0.4, 0.5) is 0 Å². The first-order valence-electron chi connectivity index (χ1n) is 6.06. The molecule has 4 heteroatoms. The van der Waals surface area contributed by atoms with Crippen molar-refractivity contribution >= 4 is 5.91 Å². The fourth-order valence-corrected chi connectivity index (χ4v) is 1.88. The van der Waals surface area contributed by atoms with Gasteiger partial charge in [0.1, 0.15) is 6.26 Å². The third kappa shape index (κ3) is 2.91. The van der Waals surface area contributed by atoms with E-state index < -0.39 is 0 Å². The largest absolute Gasteiger partial charge is 0.364 e. The van der Waals surface area contributed by atoms with Gasteiger partial charge in [0, 0.05) is 5.56 Å². The lowest BCUT2D eigenvalue weighted by Crippen LogP contribution is -2.24. The van der Waals surface area contributed by atoms with E-state index in [1.807, 2.05) is 38.1 Å². The first kappa shape index (κ1) is 13.1. The van der Waals surface area contributed by atoms with Crippen LogP contribution in [0.15, 0.2) is 47.7 Å². The summed E-state index contributed by atoms with van der Waals surface area (Å²) in [5.41, 5.74) is 3.92. The second kappa shape index (κ2) is 5.52. The first-order valence-corrected chi connectivity index (χ1v) is 6.06. The Hall–Kier alpha value is -2.36. The van der Waals surface area contributed by atoms with Gasteiger partial charge in [0.2, 0.25) is 5.91 Å². The molecule has 1 atom stereocenters. The second-order valence-corrected chi connectivity index (χ2v) is 4.37. The van der Waals surface area contributed by atoms with E-state index in [0.29, 0.717) is 0 Å². The Morgan fingerprint density at radius 3 is 2.63 bits per heavy atom. The molecule has 0 saturated heterocycles. The van der Waals surface area contributed by atoms with Gasteiger partial charge in [0.05, 0.1) is 11.7 Å². The lowest BCUT2D eigenvalue weighted by atomic mass is 10.0. The maximum Gasteiger partial charge on any atom is 0.243 e. The van der Waals surface area contributed by atoms with Crippen molar-refractivity contribution in [3.63, 3.8) is 0 Å². The zero-order valence-electron chi connectivity index (χ0n) is 11.0. The Balaban J connectivity index is 2.17. The van der Waals surface area contributed by atoms with Gasteiger partial charge in [0.15, 0.2) is 0 Å². The lowest BCUT2D eigenvalue weighted by Gasteiger charge is -2.13. The third-order valence-corrected chi connectivity index (χ3v) is 3.02. The normalized spacial score (nSPS) is 11.9. The van der Waals surface area contributed by atoms with Gasteiger partial charge in [-0.1, -0.05) is 36.0 Å². The fourth-order valence-electron chi connectivity index (χ4n) is 1.88. The molecule has 98 valence electrons. The van der Waals surface area contributed by atoms with Crippen LogP contribution in [-0.2, 0) is 4.79 Å². The summed E-state index contributed by atoms with van der Waals surface area (Å²) in [5.74, 6) is -0.175. The molecule has 0 aliphatic carbocycles. The maximum absolute atomic E-state index is 11.2. The molecular weight excluding hydrogens is 240 g/mol. The van der Waals surface area contributed by atoms with Gasteiger partial charge in [-0.25, -0.2) is 0 Å². The smallest absolute Gasteiger partial charge is 0.243 e. The van der Waals surface area contributed by atoms with E-state index in [9.17, 15) is 4.79 Å². The molecule has 4 nitrogen and oxygen atoms in total. The zero-order valence-corrected chi connectivity index (χ0v) is 11.0. The van der Waals surface area contributed by atoms with Crippen molar-refractivity contribution in [1.29, 1.82) is 0 Å². The number of nitrogens with zero attached hydrogens (tertiary/aromatic N) is 1. The molecule has 1 aromatic heterocycles. The second-order valence-electron chi connectivity index (χ2n) is 4.37. The molecule has 0 aliphatic rings. The minimum Gasteiger partial charge on any atom is -0.364 e. The molecular formula is C15H16N2O2. The van der Waals surface area contributed by atoms with Crippen molar-refractivity contribution < 1.29 is 9.32 Å². The summed E-state index contributed by atoms with van der Waals surface area (Å²) < 4.78 is 4.93. The predicted molar refractivity (Wildman–Crippen MR) is 73.4 cm³/mol. The summed E-state index contributed by atoms with van der Waals surface area (Å²) >= 11 is 0. The van der Waals surface area contributed by atoms with Crippen molar-refractivity contribution in [1.82, 2.24) is 10.5 Å². The van der Waals surface area contributed by atoms with Crippen LogP contribution in [0.2, 0.25) is 0 Å². The number of benzene rings is 1. The van der Waals surface area contributed by atoms with E-state index in [4.69, 9.17) is 4.52 Å². The van der Waals surface area contributed by atoms with Crippen molar-refractivity contribution in [2.45, 2.75) is 19.9 Å². The molecule has 1 heterocycles. The highest BCUT2D eigenvalue weighted by molar-refractivity contribution is 5.87. The highest BCUT2D eigenvalue weighted by Crippen LogP contribution is 2.24. The Labute approximate surface area is 112 Å². The van der Waals surface area contributed by atoms with Gasteiger partial charge in [-0.2, -0.15) is 0 Å². The molecule has 1 amide bonds. The molecule has 0 saturated carbocycles. The van der Waals surface area contributed by atoms with E-state index >= 15 is 0 Å². The first-order chi connectivity index (χ1) is 9.11. The van der Waals surface area contributed by atoms with Crippen molar-refractivity contribution in [2.75, 3.05) is 0 Å². The van der Waals surface area contributed by atoms with Crippen LogP contribution in [0.3, 0.4) is 0 Å². The Kier molecular flexibility index (Phi) is 3.80. The molecule has 19 heavy (non-hydrogen) atoms. The van der Waals surface area contributed by atoms with Gasteiger partial charge >= 0.3 is 0 Å². The Morgan fingerprint density at radius 2 is 2.11 bits per heavy atom. The number of aromatic nitrogens is 1. The summed E-state index contributed by atoms with van der Waals surface area (Å²) in [7, 11) is 0. The minimum absolute atomic E-state index is 0.0527. The number of aryl methyl sites for hydroxylation is 1. The Bertz CT molecular complexity index is 584. The van der Waals surface area contributed by atoms with E-state index in [0.717, 1.165) is 22.4 Å². The minimum atomic E-state index is -0.175. The van der Waals surface area contributed by atoms with Crippen LogP contribution in [0.25, 0.3) is 11.1 Å². The predicted octanol–water partition coefficient (Wildman–Crippen LogP) is 3.01. The van der Waals surface area contributed by atoms with E-state index in [1.54, 1.807) is 6.26 Å². The molecule has 1 aromatic carbocycles. The number of hydrogen-bond acceptors (Lipinski definition) is 3. The quantitative estimate of drug-likeness (QED) is 0.855. The van der Waals surface area contributed by atoms with E-state index in [2.05, 4.69) is 17.1 Å². The van der Waals surface area contributed by atoms with Crippen LogP contribution in [0.1, 0.15) is 24.2 Å². The molecule has 0 spiro atoms. The van der Waals surface area contributed by atoms with Gasteiger partial charge < -0.3 is 9.84 Å². The lowest BCUT2D eigenvalue weighted by molar-refractivity contribution is -0.117. The topological polar surface area (TPSA) is 55.1 Å². The van der Waals surface area contributed by atoms with Crippen LogP contribution in [0.5, 0.6) is 0 Å². The number of rotatable bonds is 4. The number of carbonyl (C=O) groups excluding carboxylic acids is 1. The van der Waals surface area contributed by atoms with Crippen LogP contribution >= 0.6 is 0 Å². The molecule has 0 aliphatic heterocycles. The highest BCUT2D eigenvalue weighted by atomic mass is 16.5. The van der Waals surface area contributed by atoms with Gasteiger partial charge in [-0.05, 0) is 31.1 Å². The van der Waals surface area contributed by atoms with Crippen molar-refractivity contribution in [3.05, 3.63) is 54.4 Å². The molecule has 0 fully saturated rings. The third-order valence-electron chi connectivity index (χ3n) is 3.02. The summed E-state index contributed by atoms with van der Waals surface area (Å²) in [6, 6.07) is 7.89. The number of amides is 1. The van der Waals surface area contributed by atoms with Gasteiger partial charge in [-0.3, -0.25) is 4.79 Å². The SMILES string of the molecule is C=CC(=O)N[C@H](C)c1ccc(-c2conc2C)cc1. The molecule has 0 radical (unpaired) electrons. The molecule has 0 unspecified atom stereocenters. The zero-order chi connectivity index (χ0) is 13.8. The molecule has 1 N–H and O–H groups in total. The Morgan fingerprint density at radius 1 is 1.42 bits per heavy atom. The summed E-state index contributed by atoms with van der Waals surface area (Å²) in [6.07, 6.45) is 2.90. The van der Waals surface area contributed by atoms with Gasteiger partial charge in [-0.15, -0.1) is 0 Å². The van der Waals surface area contributed by atoms with Crippen LogP contribution in [0, 0.1) is 6.92 Å². The molecule has 2 rings (SSSR count). The molecule has 2 aromatic rings. The maximum atomic E-state index is 11.2. The number of carbonyl (C=O) groups is 1. The summed E-state index contributed by atoms with van der Waals surface area (Å²) in [5, 5.41) is 6.68. The van der Waals surface area contributed by atoms with Crippen LogP contribution < -0.4 is 5.32 Å². The van der Waals surface area contributed by atoms with Crippen molar-refractivity contribution in [3.8, 4) is 11.1 Å². The van der Waals surface area contributed by atoms with E-state index in [-0.39, 0.29) is 11.9 Å². The molecule has 0 bridgehead atoms. The number of nitrogens with one attached hydrogen (secondary N) is 1. The fraction of sp³-hybridized carbons (Fsp3) is 0.200. The number of hydrogen-bond donors (Lipinski definition) is 1. The standard InChI is InChI=1S/C15H16N2O2/c1-4-15(18)16-10(2)12-5-7-13(8-6-12)14-9-19-17-11(14)3/h4-10H,1H2,2-3H3,(H,16,18)/t10-/m1/s1. The highest BCUT2D eigenvalue weighted by Gasteiger charge is 2.09. The van der Waals surface area contributed by atoms with Crippen LogP contribution in [-0.4, -0.2) is 11.1 Å². The monoisotopic (exact) mass is 256 g/mol. The average Bonchev–Trinajstić information content (AvgIpc) is 2.85. The summed E-state index contributed by atoms with van der Waals surface area (Å²) in [6.45, 7) is 7.27. The average molecular weight is 256 g/mol. The van der Waals surface area contributed by atoms with Crippen molar-refractivity contribution in [2.24, 2.45) is 0 Å². The van der Waals surface area contributed by atoms with E-state index in [1.165, 1.54) is 6.08 Å². The van der Waals surface area contributed by atoms with Gasteiger partial charge in [0.25, 0.3) is 0 Å².